The lowest BCUT2D eigenvalue weighted by Gasteiger charge is -2.34. The number of nitrogens with one attached hydrogen (secondary N) is 2. The monoisotopic (exact) mass is 253 g/mol. The Hall–Kier alpha value is -1.10. The number of amides is 2. The first-order chi connectivity index (χ1) is 8.58. The number of hydrogen-bond donors (Lipinski definition) is 2. The average molecular weight is 253 g/mol. The minimum atomic E-state index is 0.0710. The fraction of sp³-hybridized carbons (Fsp3) is 0.846. The zero-order valence-electron chi connectivity index (χ0n) is 11.2. The summed E-state index contributed by atoms with van der Waals surface area (Å²) in [6.07, 6.45) is 3.33. The molecule has 5 nitrogen and oxygen atoms in total. The maximum atomic E-state index is 12.2. The van der Waals surface area contributed by atoms with Gasteiger partial charge in [0.15, 0.2) is 0 Å². The number of hydrogen-bond acceptors (Lipinski definition) is 3. The second-order valence-corrected chi connectivity index (χ2v) is 5.51. The van der Waals surface area contributed by atoms with Gasteiger partial charge in [-0.05, 0) is 32.7 Å². The smallest absolute Gasteiger partial charge is 0.224 e. The van der Waals surface area contributed by atoms with Crippen LogP contribution in [0.15, 0.2) is 0 Å². The molecule has 0 aliphatic carbocycles. The fourth-order valence-corrected chi connectivity index (χ4v) is 2.84. The van der Waals surface area contributed by atoms with E-state index < -0.39 is 0 Å². The van der Waals surface area contributed by atoms with E-state index >= 15 is 0 Å². The van der Waals surface area contributed by atoms with Crippen molar-refractivity contribution in [3.05, 3.63) is 0 Å². The molecule has 2 N–H and O–H groups in total. The van der Waals surface area contributed by atoms with Crippen molar-refractivity contribution in [2.75, 3.05) is 20.1 Å². The maximum Gasteiger partial charge on any atom is 0.224 e. The van der Waals surface area contributed by atoms with Crippen molar-refractivity contribution in [1.82, 2.24) is 15.5 Å². The lowest BCUT2D eigenvalue weighted by molar-refractivity contribution is -0.135. The van der Waals surface area contributed by atoms with E-state index in [2.05, 4.69) is 17.6 Å². The Balaban J connectivity index is 1.85. The molecule has 0 spiro atoms. The van der Waals surface area contributed by atoms with Gasteiger partial charge in [-0.25, -0.2) is 0 Å². The van der Waals surface area contributed by atoms with Crippen LogP contribution in [-0.4, -0.2) is 48.9 Å². The molecule has 2 amide bonds. The molecule has 2 rings (SSSR count). The second kappa shape index (κ2) is 5.69. The number of likely N-dealkylation sites (tertiary alicyclic amines) is 1. The molecule has 0 aromatic carbocycles. The number of carbonyl (C=O) groups is 2. The molecule has 2 fully saturated rings. The molecule has 5 heteroatoms. The normalized spacial score (nSPS) is 33.3. The highest BCUT2D eigenvalue weighted by atomic mass is 16.2. The standard InChI is InChI=1S/C13H23N3O2/c1-9-11(4-3-7-14-9)13(18)15-10-5-6-12(17)16(2)8-10/h9-11,14H,3-8H2,1-2H3,(H,15,18). The van der Waals surface area contributed by atoms with Gasteiger partial charge in [0.2, 0.25) is 11.8 Å². The quantitative estimate of drug-likeness (QED) is 0.734. The van der Waals surface area contributed by atoms with Crippen molar-refractivity contribution < 1.29 is 9.59 Å². The van der Waals surface area contributed by atoms with Gasteiger partial charge in [0.1, 0.15) is 0 Å². The van der Waals surface area contributed by atoms with Crippen LogP contribution in [-0.2, 0) is 9.59 Å². The van der Waals surface area contributed by atoms with Gasteiger partial charge in [0.05, 0.1) is 5.92 Å². The molecule has 0 aromatic heterocycles. The summed E-state index contributed by atoms with van der Waals surface area (Å²) in [6, 6.07) is 0.371. The molecule has 2 aliphatic heterocycles. The van der Waals surface area contributed by atoms with Crippen LogP contribution in [0.25, 0.3) is 0 Å². The Bertz CT molecular complexity index is 332. The van der Waals surface area contributed by atoms with E-state index in [0.29, 0.717) is 13.0 Å². The lowest BCUT2D eigenvalue weighted by atomic mass is 9.90. The largest absolute Gasteiger partial charge is 0.351 e. The number of likely N-dealkylation sites (N-methyl/N-ethyl adjacent to an activating group) is 1. The van der Waals surface area contributed by atoms with Crippen molar-refractivity contribution in [3.63, 3.8) is 0 Å². The van der Waals surface area contributed by atoms with Crippen LogP contribution in [0.3, 0.4) is 0 Å². The number of nitrogens with zero attached hydrogens (tertiary/aromatic N) is 1. The third kappa shape index (κ3) is 3.02. The fourth-order valence-electron chi connectivity index (χ4n) is 2.84. The van der Waals surface area contributed by atoms with Crippen LogP contribution in [0, 0.1) is 5.92 Å². The zero-order valence-corrected chi connectivity index (χ0v) is 11.2. The number of piperidine rings is 2. The minimum absolute atomic E-state index is 0.0710. The summed E-state index contributed by atoms with van der Waals surface area (Å²) in [7, 11) is 1.80. The van der Waals surface area contributed by atoms with Gasteiger partial charge in [-0.3, -0.25) is 9.59 Å². The number of carbonyl (C=O) groups excluding carboxylic acids is 2. The Labute approximate surface area is 108 Å². The van der Waals surface area contributed by atoms with Crippen LogP contribution >= 0.6 is 0 Å². The molecule has 0 saturated carbocycles. The third-order valence-electron chi connectivity index (χ3n) is 4.07. The second-order valence-electron chi connectivity index (χ2n) is 5.51. The first-order valence-corrected chi connectivity index (χ1v) is 6.85. The van der Waals surface area contributed by atoms with Crippen molar-refractivity contribution in [3.8, 4) is 0 Å². The summed E-state index contributed by atoms with van der Waals surface area (Å²) in [6.45, 7) is 3.71. The van der Waals surface area contributed by atoms with Crippen LogP contribution < -0.4 is 10.6 Å². The Kier molecular flexibility index (Phi) is 4.22. The van der Waals surface area contributed by atoms with E-state index in [9.17, 15) is 9.59 Å². The molecule has 0 radical (unpaired) electrons. The molecule has 3 atom stereocenters. The first kappa shape index (κ1) is 13.3. The van der Waals surface area contributed by atoms with Gasteiger partial charge in [-0.2, -0.15) is 0 Å². The first-order valence-electron chi connectivity index (χ1n) is 6.85. The van der Waals surface area contributed by atoms with Crippen LogP contribution in [0.1, 0.15) is 32.6 Å². The molecule has 18 heavy (non-hydrogen) atoms. The predicted molar refractivity (Wildman–Crippen MR) is 69.0 cm³/mol. The van der Waals surface area contributed by atoms with Gasteiger partial charge in [-0.15, -0.1) is 0 Å². The van der Waals surface area contributed by atoms with E-state index in [1.54, 1.807) is 11.9 Å². The predicted octanol–water partition coefficient (Wildman–Crippen LogP) is 0.112. The maximum absolute atomic E-state index is 12.2. The molecule has 2 aliphatic rings. The zero-order chi connectivity index (χ0) is 13.1. The molecule has 3 unspecified atom stereocenters. The van der Waals surface area contributed by atoms with E-state index in [1.807, 2.05) is 0 Å². The van der Waals surface area contributed by atoms with Crippen molar-refractivity contribution >= 4 is 11.8 Å². The van der Waals surface area contributed by atoms with Gasteiger partial charge >= 0.3 is 0 Å². The van der Waals surface area contributed by atoms with E-state index in [4.69, 9.17) is 0 Å². The van der Waals surface area contributed by atoms with Crippen molar-refractivity contribution in [1.29, 1.82) is 0 Å². The van der Waals surface area contributed by atoms with E-state index in [0.717, 1.165) is 25.8 Å². The van der Waals surface area contributed by atoms with E-state index in [1.165, 1.54) is 0 Å². The van der Waals surface area contributed by atoms with Gasteiger partial charge < -0.3 is 15.5 Å². The molecule has 2 saturated heterocycles. The highest BCUT2D eigenvalue weighted by Gasteiger charge is 2.30. The van der Waals surface area contributed by atoms with E-state index in [-0.39, 0.29) is 29.8 Å². The molecule has 102 valence electrons. The Morgan fingerprint density at radius 1 is 1.44 bits per heavy atom. The van der Waals surface area contributed by atoms with Gasteiger partial charge in [-0.1, -0.05) is 0 Å². The summed E-state index contributed by atoms with van der Waals surface area (Å²) in [4.78, 5) is 25.3. The Morgan fingerprint density at radius 2 is 2.22 bits per heavy atom. The highest BCUT2D eigenvalue weighted by Crippen LogP contribution is 2.17. The van der Waals surface area contributed by atoms with Crippen LogP contribution in [0.2, 0.25) is 0 Å². The molecular weight excluding hydrogens is 230 g/mol. The minimum Gasteiger partial charge on any atom is -0.351 e. The third-order valence-corrected chi connectivity index (χ3v) is 4.07. The van der Waals surface area contributed by atoms with Crippen molar-refractivity contribution in [2.24, 2.45) is 5.92 Å². The Morgan fingerprint density at radius 3 is 2.89 bits per heavy atom. The summed E-state index contributed by atoms with van der Waals surface area (Å²) in [5.41, 5.74) is 0. The number of rotatable bonds is 2. The van der Waals surface area contributed by atoms with Crippen molar-refractivity contribution in [2.45, 2.75) is 44.7 Å². The van der Waals surface area contributed by atoms with Crippen LogP contribution in [0.5, 0.6) is 0 Å². The molecule has 2 heterocycles. The molecule has 0 bridgehead atoms. The molecular formula is C13H23N3O2. The summed E-state index contributed by atoms with van der Waals surface area (Å²) < 4.78 is 0. The molecule has 0 aromatic rings. The highest BCUT2D eigenvalue weighted by molar-refractivity contribution is 5.81. The summed E-state index contributed by atoms with van der Waals surface area (Å²) >= 11 is 0. The van der Waals surface area contributed by atoms with Gasteiger partial charge in [0, 0.05) is 32.1 Å². The summed E-state index contributed by atoms with van der Waals surface area (Å²) in [5.74, 6) is 0.386. The van der Waals surface area contributed by atoms with Crippen LogP contribution in [0.4, 0.5) is 0 Å². The van der Waals surface area contributed by atoms with Gasteiger partial charge in [0.25, 0.3) is 0 Å². The topological polar surface area (TPSA) is 61.4 Å². The lowest BCUT2D eigenvalue weighted by Crippen LogP contribution is -2.53. The SMILES string of the molecule is CC1NCCCC1C(=O)NC1CCC(=O)N(C)C1. The summed E-state index contributed by atoms with van der Waals surface area (Å²) in [5, 5.41) is 6.44. The average Bonchev–Trinajstić information content (AvgIpc) is 2.34.